The molecular formula is C26H23N3O4S. The molecule has 2 aromatic carbocycles. The predicted octanol–water partition coefficient (Wildman–Crippen LogP) is 3.25. The van der Waals surface area contributed by atoms with Crippen molar-refractivity contribution in [2.45, 2.75) is 32.8 Å². The molecule has 0 aliphatic carbocycles. The van der Waals surface area contributed by atoms with Crippen molar-refractivity contribution in [3.8, 4) is 11.5 Å². The van der Waals surface area contributed by atoms with E-state index in [-0.39, 0.29) is 28.7 Å². The summed E-state index contributed by atoms with van der Waals surface area (Å²) in [5.74, 6) is 1.59. The molecule has 8 heteroatoms. The summed E-state index contributed by atoms with van der Waals surface area (Å²) in [6.07, 6.45) is 4.81. The number of nitrogens with zero attached hydrogens (tertiary/aromatic N) is 3. The maximum atomic E-state index is 13.1. The van der Waals surface area contributed by atoms with Crippen LogP contribution in [-0.4, -0.2) is 27.3 Å². The minimum atomic E-state index is -0.429. The second-order valence-electron chi connectivity index (χ2n) is 8.09. The third-order valence-corrected chi connectivity index (χ3v) is 6.49. The molecule has 0 amide bonds. The van der Waals surface area contributed by atoms with Crippen LogP contribution in [0.4, 0.5) is 0 Å². The van der Waals surface area contributed by atoms with Crippen LogP contribution in [0.1, 0.15) is 37.1 Å². The van der Waals surface area contributed by atoms with Gasteiger partial charge in [-0.05, 0) is 54.8 Å². The van der Waals surface area contributed by atoms with Gasteiger partial charge in [-0.25, -0.2) is 0 Å². The van der Waals surface area contributed by atoms with Crippen molar-refractivity contribution in [2.24, 2.45) is 0 Å². The van der Waals surface area contributed by atoms with Crippen LogP contribution in [0, 0.1) is 0 Å². The average molecular weight is 474 g/mol. The number of ether oxygens (including phenoxy) is 2. The van der Waals surface area contributed by atoms with E-state index in [2.05, 4.69) is 10.1 Å². The lowest BCUT2D eigenvalue weighted by molar-refractivity contribution is 0.259. The van der Waals surface area contributed by atoms with Crippen molar-refractivity contribution in [1.82, 2.24) is 14.6 Å². The van der Waals surface area contributed by atoms with Crippen molar-refractivity contribution in [3.05, 3.63) is 96.2 Å². The van der Waals surface area contributed by atoms with Gasteiger partial charge in [0.15, 0.2) is 0 Å². The Labute approximate surface area is 199 Å². The van der Waals surface area contributed by atoms with E-state index in [0.717, 1.165) is 46.0 Å². The summed E-state index contributed by atoms with van der Waals surface area (Å²) >= 11 is 1.15. The van der Waals surface area contributed by atoms with Crippen LogP contribution in [0.15, 0.2) is 63.7 Å². The van der Waals surface area contributed by atoms with Crippen molar-refractivity contribution in [3.63, 3.8) is 0 Å². The van der Waals surface area contributed by atoms with Gasteiger partial charge in [-0.1, -0.05) is 48.6 Å². The highest BCUT2D eigenvalue weighted by molar-refractivity contribution is 7.15. The zero-order valence-electron chi connectivity index (χ0n) is 18.9. The molecule has 172 valence electrons. The third kappa shape index (κ3) is 4.36. The van der Waals surface area contributed by atoms with Crippen LogP contribution < -0.4 is 25.1 Å². The summed E-state index contributed by atoms with van der Waals surface area (Å²) in [5, 5.41) is 4.35. The van der Waals surface area contributed by atoms with Crippen LogP contribution >= 0.6 is 11.3 Å². The first-order chi connectivity index (χ1) is 16.5. The second kappa shape index (κ2) is 9.23. The Bertz CT molecular complexity index is 1550. The van der Waals surface area contributed by atoms with Gasteiger partial charge in [0, 0.05) is 12.0 Å². The molecule has 5 rings (SSSR count). The maximum absolute atomic E-state index is 13.1. The van der Waals surface area contributed by atoms with E-state index < -0.39 is 5.56 Å². The smallest absolute Gasteiger partial charge is 0.296 e. The predicted molar refractivity (Wildman–Crippen MR) is 133 cm³/mol. The largest absolute Gasteiger partial charge is 0.494 e. The van der Waals surface area contributed by atoms with E-state index in [4.69, 9.17) is 9.47 Å². The van der Waals surface area contributed by atoms with E-state index in [0.29, 0.717) is 11.1 Å². The molecule has 3 heterocycles. The molecule has 1 aliphatic heterocycles. The van der Waals surface area contributed by atoms with Gasteiger partial charge in [0.25, 0.3) is 11.1 Å². The molecule has 0 saturated carbocycles. The number of thiazole rings is 1. The Balaban J connectivity index is 1.48. The lowest BCUT2D eigenvalue weighted by Gasteiger charge is -2.22. The Kier molecular flexibility index (Phi) is 5.98. The quantitative estimate of drug-likeness (QED) is 0.428. The molecule has 7 nitrogen and oxygen atoms in total. The van der Waals surface area contributed by atoms with Crippen LogP contribution in [-0.2, 0) is 6.42 Å². The fourth-order valence-corrected chi connectivity index (χ4v) is 4.65. The normalized spacial score (nSPS) is 15.6. The average Bonchev–Trinajstić information content (AvgIpc) is 3.13. The third-order valence-electron chi connectivity index (χ3n) is 5.53. The van der Waals surface area contributed by atoms with E-state index in [9.17, 15) is 9.59 Å². The number of aromatic nitrogens is 3. The van der Waals surface area contributed by atoms with E-state index in [1.165, 1.54) is 4.52 Å². The summed E-state index contributed by atoms with van der Waals surface area (Å²) < 4.78 is 13.2. The van der Waals surface area contributed by atoms with Gasteiger partial charge in [0.2, 0.25) is 4.96 Å². The highest BCUT2D eigenvalue weighted by atomic mass is 32.1. The summed E-state index contributed by atoms with van der Waals surface area (Å²) in [6, 6.07) is 15.3. The first kappa shape index (κ1) is 22.0. The Morgan fingerprint density at radius 1 is 1.15 bits per heavy atom. The number of hydrogen-bond acceptors (Lipinski definition) is 7. The van der Waals surface area contributed by atoms with Gasteiger partial charge in [0.05, 0.1) is 11.1 Å². The number of fused-ring (bicyclic) bond motifs is 2. The highest BCUT2D eigenvalue weighted by Crippen LogP contribution is 2.29. The van der Waals surface area contributed by atoms with Crippen LogP contribution in [0.5, 0.6) is 11.5 Å². The first-order valence-electron chi connectivity index (χ1n) is 11.2. The molecule has 0 fully saturated rings. The van der Waals surface area contributed by atoms with Crippen molar-refractivity contribution in [2.75, 3.05) is 6.61 Å². The number of hydrogen-bond donors (Lipinski definition) is 0. The fraction of sp³-hybridized carbons (Fsp3) is 0.231. The molecule has 1 aliphatic rings. The Morgan fingerprint density at radius 3 is 2.74 bits per heavy atom. The molecule has 2 aromatic heterocycles. The van der Waals surface area contributed by atoms with Crippen LogP contribution in [0.25, 0.3) is 17.1 Å². The molecule has 1 atom stereocenters. The number of benzene rings is 2. The van der Waals surface area contributed by atoms with E-state index in [1.54, 1.807) is 6.08 Å². The fourth-order valence-electron chi connectivity index (χ4n) is 3.74. The van der Waals surface area contributed by atoms with Crippen LogP contribution in [0.3, 0.4) is 0 Å². The lowest BCUT2D eigenvalue weighted by Crippen LogP contribution is -2.29. The minimum Gasteiger partial charge on any atom is -0.494 e. The summed E-state index contributed by atoms with van der Waals surface area (Å²) in [5.41, 5.74) is 2.21. The standard InChI is InChI=1S/C26H23N3O4S/c1-3-12-32-20-10-8-17(9-11-20)13-21-24(30)27-26-29(28-21)25(31)23(34-26)15-19-14-18-6-4-5-7-22(18)33-16(19)2/h4-11,14-16H,3,12-13H2,1-2H3/b23-15-. The number of rotatable bonds is 6. The molecule has 34 heavy (non-hydrogen) atoms. The molecule has 0 bridgehead atoms. The molecule has 1 unspecified atom stereocenters. The summed E-state index contributed by atoms with van der Waals surface area (Å²) in [6.45, 7) is 4.64. The minimum absolute atomic E-state index is 0.208. The topological polar surface area (TPSA) is 82.8 Å². The second-order valence-corrected chi connectivity index (χ2v) is 9.09. The van der Waals surface area contributed by atoms with Gasteiger partial charge < -0.3 is 9.47 Å². The van der Waals surface area contributed by atoms with Gasteiger partial charge in [-0.15, -0.1) is 0 Å². The highest BCUT2D eigenvalue weighted by Gasteiger charge is 2.18. The summed E-state index contributed by atoms with van der Waals surface area (Å²) in [7, 11) is 0. The SMILES string of the molecule is CCCOc1ccc(Cc2nn3c(=O)/c(=C/C4=Cc5ccccc5OC4C)sc3nc2=O)cc1. The molecule has 0 N–H and O–H groups in total. The maximum Gasteiger partial charge on any atom is 0.296 e. The Morgan fingerprint density at radius 2 is 1.94 bits per heavy atom. The molecule has 0 saturated heterocycles. The zero-order chi connectivity index (χ0) is 23.7. The van der Waals surface area contributed by atoms with Crippen molar-refractivity contribution >= 4 is 28.4 Å². The Hall–Kier alpha value is -3.78. The van der Waals surface area contributed by atoms with E-state index in [1.807, 2.05) is 68.5 Å². The van der Waals surface area contributed by atoms with Crippen LogP contribution in [0.2, 0.25) is 0 Å². The number of para-hydroxylation sites is 1. The van der Waals surface area contributed by atoms with Gasteiger partial charge in [-0.3, -0.25) is 9.59 Å². The van der Waals surface area contributed by atoms with E-state index >= 15 is 0 Å². The van der Waals surface area contributed by atoms with Gasteiger partial charge >= 0.3 is 0 Å². The molecular weight excluding hydrogens is 450 g/mol. The first-order valence-corrected chi connectivity index (χ1v) is 12.0. The molecule has 0 radical (unpaired) electrons. The molecule has 4 aromatic rings. The van der Waals surface area contributed by atoms with Gasteiger partial charge in [0.1, 0.15) is 23.3 Å². The molecule has 0 spiro atoms. The monoisotopic (exact) mass is 473 g/mol. The van der Waals surface area contributed by atoms with Crippen molar-refractivity contribution in [1.29, 1.82) is 0 Å². The van der Waals surface area contributed by atoms with Gasteiger partial charge in [-0.2, -0.15) is 14.6 Å². The lowest BCUT2D eigenvalue weighted by atomic mass is 10.0. The zero-order valence-corrected chi connectivity index (χ0v) is 19.7. The van der Waals surface area contributed by atoms with Crippen molar-refractivity contribution < 1.29 is 9.47 Å². The summed E-state index contributed by atoms with van der Waals surface area (Å²) in [4.78, 5) is 30.1.